The number of pyridine rings is 1. The third-order valence-electron chi connectivity index (χ3n) is 5.49. The Balaban J connectivity index is 1.46. The lowest BCUT2D eigenvalue weighted by Crippen LogP contribution is -2.26. The smallest absolute Gasteiger partial charge is 0.250 e. The van der Waals surface area contributed by atoms with Gasteiger partial charge in [0.15, 0.2) is 11.6 Å². The Kier molecular flexibility index (Phi) is 4.78. The van der Waals surface area contributed by atoms with E-state index in [1.807, 2.05) is 29.8 Å². The van der Waals surface area contributed by atoms with E-state index in [1.54, 1.807) is 31.4 Å². The van der Waals surface area contributed by atoms with Gasteiger partial charge in [0.1, 0.15) is 0 Å². The molecule has 1 saturated heterocycles. The van der Waals surface area contributed by atoms with Crippen LogP contribution in [0.15, 0.2) is 47.4 Å². The lowest BCUT2D eigenvalue weighted by molar-refractivity contribution is 0.639. The number of tetrazole rings is 1. The molecule has 0 spiro atoms. The van der Waals surface area contributed by atoms with E-state index in [0.29, 0.717) is 22.6 Å². The predicted octanol–water partition coefficient (Wildman–Crippen LogP) is 2.15. The largest absolute Gasteiger partial charge is 0.330 e. The minimum atomic E-state index is -0.0945. The zero-order valence-electron chi connectivity index (χ0n) is 17.1. The van der Waals surface area contributed by atoms with Crippen molar-refractivity contribution in [2.75, 3.05) is 11.4 Å². The van der Waals surface area contributed by atoms with Crippen LogP contribution in [0.5, 0.6) is 0 Å². The summed E-state index contributed by atoms with van der Waals surface area (Å²) in [5.74, 6) is 1.96. The van der Waals surface area contributed by atoms with Crippen LogP contribution in [0.25, 0.3) is 17.1 Å². The van der Waals surface area contributed by atoms with Crippen LogP contribution < -0.4 is 10.5 Å². The van der Waals surface area contributed by atoms with E-state index >= 15 is 0 Å². The highest BCUT2D eigenvalue weighted by Crippen LogP contribution is 2.34. The summed E-state index contributed by atoms with van der Waals surface area (Å²) in [7, 11) is 3.61. The maximum Gasteiger partial charge on any atom is 0.250 e. The molecule has 11 heteroatoms. The highest BCUT2D eigenvalue weighted by atomic mass is 35.5. The molecule has 10 nitrogen and oxygen atoms in total. The first-order chi connectivity index (χ1) is 15.0. The van der Waals surface area contributed by atoms with Crippen LogP contribution in [0, 0.1) is 0 Å². The van der Waals surface area contributed by atoms with Crippen molar-refractivity contribution in [1.82, 2.24) is 39.5 Å². The molecule has 0 saturated carbocycles. The molecule has 0 N–H and O–H groups in total. The number of aryl methyl sites for hydroxylation is 1. The summed E-state index contributed by atoms with van der Waals surface area (Å²) in [6.07, 6.45) is 3.59. The Bertz CT molecular complexity index is 1310. The van der Waals surface area contributed by atoms with Crippen molar-refractivity contribution >= 4 is 17.5 Å². The van der Waals surface area contributed by atoms with E-state index in [1.165, 1.54) is 9.36 Å². The van der Waals surface area contributed by atoms with Gasteiger partial charge >= 0.3 is 0 Å². The van der Waals surface area contributed by atoms with E-state index in [2.05, 4.69) is 30.5 Å². The van der Waals surface area contributed by atoms with Gasteiger partial charge in [0, 0.05) is 43.5 Å². The monoisotopic (exact) mass is 437 g/mol. The molecule has 4 heterocycles. The summed E-state index contributed by atoms with van der Waals surface area (Å²) in [6, 6.07) is 10.7. The molecule has 5 rings (SSSR count). The Labute approximate surface area is 182 Å². The molecular weight excluding hydrogens is 418 g/mol. The molecule has 0 amide bonds. The fourth-order valence-corrected chi connectivity index (χ4v) is 4.04. The summed E-state index contributed by atoms with van der Waals surface area (Å²) in [4.78, 5) is 15.6. The normalized spacial score (nSPS) is 16.2. The highest BCUT2D eigenvalue weighted by molar-refractivity contribution is 6.30. The fraction of sp³-hybridized carbons (Fsp3) is 0.300. The third kappa shape index (κ3) is 3.48. The summed E-state index contributed by atoms with van der Waals surface area (Å²) >= 11 is 6.08. The molecule has 0 bridgehead atoms. The zero-order valence-corrected chi connectivity index (χ0v) is 17.8. The molecular formula is C20H20ClN9O. The van der Waals surface area contributed by atoms with Crippen molar-refractivity contribution in [3.63, 3.8) is 0 Å². The molecule has 1 fully saturated rings. The molecule has 4 aromatic rings. The number of benzene rings is 1. The van der Waals surface area contributed by atoms with E-state index in [-0.39, 0.29) is 11.6 Å². The van der Waals surface area contributed by atoms with Crippen molar-refractivity contribution in [3.8, 4) is 17.1 Å². The Hall–Kier alpha value is -3.53. The average molecular weight is 438 g/mol. The van der Waals surface area contributed by atoms with Crippen LogP contribution in [0.2, 0.25) is 5.02 Å². The highest BCUT2D eigenvalue weighted by Gasteiger charge is 2.33. The van der Waals surface area contributed by atoms with Gasteiger partial charge in [-0.3, -0.25) is 9.36 Å². The average Bonchev–Trinajstić information content (AvgIpc) is 3.49. The number of nitrogens with zero attached hydrogens (tertiary/aromatic N) is 9. The first-order valence-electron chi connectivity index (χ1n) is 9.90. The van der Waals surface area contributed by atoms with Crippen molar-refractivity contribution in [3.05, 3.63) is 63.8 Å². The lowest BCUT2D eigenvalue weighted by atomic mass is 10.2. The van der Waals surface area contributed by atoms with Gasteiger partial charge in [-0.05, 0) is 42.3 Å². The second-order valence-corrected chi connectivity index (χ2v) is 7.95. The van der Waals surface area contributed by atoms with Gasteiger partial charge in [0.2, 0.25) is 5.95 Å². The second kappa shape index (κ2) is 7.62. The van der Waals surface area contributed by atoms with E-state index in [4.69, 9.17) is 11.6 Å². The quantitative estimate of drug-likeness (QED) is 0.482. The number of rotatable bonds is 4. The van der Waals surface area contributed by atoms with Gasteiger partial charge in [-0.15, -0.1) is 25.2 Å². The van der Waals surface area contributed by atoms with E-state index in [0.717, 1.165) is 30.6 Å². The molecule has 158 valence electrons. The minimum Gasteiger partial charge on any atom is -0.330 e. The van der Waals surface area contributed by atoms with Crippen LogP contribution in [-0.2, 0) is 14.1 Å². The molecule has 31 heavy (non-hydrogen) atoms. The summed E-state index contributed by atoms with van der Waals surface area (Å²) < 4.78 is 3.42. The third-order valence-corrected chi connectivity index (χ3v) is 5.73. The molecule has 0 aliphatic carbocycles. The van der Waals surface area contributed by atoms with Gasteiger partial charge in [-0.1, -0.05) is 17.7 Å². The number of anilines is 1. The molecule has 1 aromatic carbocycles. The van der Waals surface area contributed by atoms with Crippen molar-refractivity contribution in [2.45, 2.75) is 18.9 Å². The summed E-state index contributed by atoms with van der Waals surface area (Å²) in [5, 5.41) is 22.4. The standard InChI is InChI=1S/C20H20ClN9O/c1-27-10-8-13(11-17(27)31)19-23-24-20(28(19)2)29-9-4-7-16(29)18-22-26-30(25-18)15-6-3-5-14(21)12-15/h3,5-6,8,10-12,16H,4,7,9H2,1-2H3. The van der Waals surface area contributed by atoms with Crippen molar-refractivity contribution in [2.24, 2.45) is 14.1 Å². The number of hydrogen-bond acceptors (Lipinski definition) is 7. The molecule has 1 atom stereocenters. The maximum atomic E-state index is 12.0. The molecule has 0 radical (unpaired) electrons. The van der Waals surface area contributed by atoms with Gasteiger partial charge in [-0.2, -0.15) is 0 Å². The fourth-order valence-electron chi connectivity index (χ4n) is 3.85. The van der Waals surface area contributed by atoms with Gasteiger partial charge in [-0.25, -0.2) is 0 Å². The molecule has 1 aliphatic rings. The summed E-state index contributed by atoms with van der Waals surface area (Å²) in [6.45, 7) is 0.804. The van der Waals surface area contributed by atoms with Gasteiger partial charge in [0.05, 0.1) is 11.7 Å². The first kappa shape index (κ1) is 19.4. The van der Waals surface area contributed by atoms with Crippen LogP contribution in [0.4, 0.5) is 5.95 Å². The predicted molar refractivity (Wildman–Crippen MR) is 115 cm³/mol. The van der Waals surface area contributed by atoms with Crippen LogP contribution in [0.1, 0.15) is 24.7 Å². The second-order valence-electron chi connectivity index (χ2n) is 7.52. The topological polar surface area (TPSA) is 99.5 Å². The molecule has 1 aliphatic heterocycles. The van der Waals surface area contributed by atoms with Crippen LogP contribution in [0.3, 0.4) is 0 Å². The first-order valence-corrected chi connectivity index (χ1v) is 10.3. The van der Waals surface area contributed by atoms with E-state index < -0.39 is 0 Å². The Morgan fingerprint density at radius 3 is 2.77 bits per heavy atom. The number of aromatic nitrogens is 8. The van der Waals surface area contributed by atoms with Crippen LogP contribution in [-0.4, -0.2) is 46.1 Å². The Morgan fingerprint density at radius 1 is 1.10 bits per heavy atom. The molecule has 3 aromatic heterocycles. The lowest BCUT2D eigenvalue weighted by Gasteiger charge is -2.22. The number of hydrogen-bond donors (Lipinski definition) is 0. The van der Waals surface area contributed by atoms with Gasteiger partial charge in [0.25, 0.3) is 5.56 Å². The Morgan fingerprint density at radius 2 is 1.97 bits per heavy atom. The maximum absolute atomic E-state index is 12.0. The SMILES string of the molecule is Cn1c(-c2ccn(C)c(=O)c2)nnc1N1CCCC1c1nnn(-c2cccc(Cl)c2)n1. The summed E-state index contributed by atoms with van der Waals surface area (Å²) in [5.41, 5.74) is 1.38. The van der Waals surface area contributed by atoms with Gasteiger partial charge < -0.3 is 9.47 Å². The van der Waals surface area contributed by atoms with Crippen LogP contribution >= 0.6 is 11.6 Å². The van der Waals surface area contributed by atoms with E-state index in [9.17, 15) is 4.79 Å². The minimum absolute atomic E-state index is 0.0627. The number of halogens is 1. The zero-order chi connectivity index (χ0) is 21.5. The van der Waals surface area contributed by atoms with Crippen molar-refractivity contribution in [1.29, 1.82) is 0 Å². The molecule has 1 unspecified atom stereocenters. The van der Waals surface area contributed by atoms with Crippen molar-refractivity contribution < 1.29 is 0 Å².